The second kappa shape index (κ2) is 8.66. The average molecular weight is 403 g/mol. The van der Waals surface area contributed by atoms with Crippen LogP contribution in [0, 0.1) is 12.7 Å². The maximum absolute atomic E-state index is 12.9. The zero-order chi connectivity index (χ0) is 20.1. The van der Waals surface area contributed by atoms with E-state index in [0.717, 1.165) is 4.88 Å². The van der Waals surface area contributed by atoms with E-state index < -0.39 is 23.7 Å². The number of carbonyl (C=O) groups is 2. The number of nitrogens with one attached hydrogen (secondary N) is 2. The normalized spacial score (nSPS) is 11.7. The molecule has 0 radical (unpaired) electrons. The fraction of sp³-hybridized carbons (Fsp3) is 0.211. The van der Waals surface area contributed by atoms with Crippen LogP contribution < -0.4 is 15.6 Å². The van der Waals surface area contributed by atoms with Crippen LogP contribution in [0.25, 0.3) is 10.8 Å². The molecule has 146 valence electrons. The van der Waals surface area contributed by atoms with Gasteiger partial charge >= 0.3 is 0 Å². The molecule has 0 spiro atoms. The summed E-state index contributed by atoms with van der Waals surface area (Å²) in [7, 11) is 0. The van der Waals surface area contributed by atoms with E-state index in [1.807, 2.05) is 17.5 Å². The molecule has 2 heterocycles. The highest BCUT2D eigenvalue weighted by Gasteiger charge is 2.18. The summed E-state index contributed by atoms with van der Waals surface area (Å²) in [5.41, 5.74) is 5.11. The van der Waals surface area contributed by atoms with E-state index in [4.69, 9.17) is 9.15 Å². The molecule has 2 N–H and O–H groups in total. The molecule has 0 saturated heterocycles. The number of carbonyl (C=O) groups excluding carboxylic acids is 2. The molecule has 2 aromatic heterocycles. The van der Waals surface area contributed by atoms with Crippen LogP contribution in [0.5, 0.6) is 5.75 Å². The van der Waals surface area contributed by atoms with Crippen molar-refractivity contribution in [2.45, 2.75) is 26.4 Å². The Morgan fingerprint density at radius 1 is 1.25 bits per heavy atom. The topological polar surface area (TPSA) is 93.5 Å². The predicted molar refractivity (Wildman–Crippen MR) is 101 cm³/mol. The number of hydrazine groups is 1. The predicted octanol–water partition coefficient (Wildman–Crippen LogP) is 3.01. The molecule has 9 heteroatoms. The fourth-order valence-electron chi connectivity index (χ4n) is 2.30. The van der Waals surface area contributed by atoms with Gasteiger partial charge in [0.25, 0.3) is 5.91 Å². The SMILES string of the molecule is Cc1oc(-c2cccs2)nc1CC(=O)NNC(=O)[C@H](C)Oc1ccc(F)cc1. The summed E-state index contributed by atoms with van der Waals surface area (Å²) < 4.78 is 23.9. The molecule has 1 atom stereocenters. The molecular formula is C19H18FN3O4S. The second-order valence-electron chi connectivity index (χ2n) is 5.93. The number of ether oxygens (including phenoxy) is 1. The lowest BCUT2D eigenvalue weighted by atomic mass is 10.2. The van der Waals surface area contributed by atoms with E-state index in [1.54, 1.807) is 6.92 Å². The van der Waals surface area contributed by atoms with Crippen molar-refractivity contribution in [1.82, 2.24) is 15.8 Å². The van der Waals surface area contributed by atoms with Crippen molar-refractivity contribution in [1.29, 1.82) is 0 Å². The molecule has 0 aliphatic rings. The summed E-state index contributed by atoms with van der Waals surface area (Å²) in [6.07, 6.45) is -0.932. The zero-order valence-corrected chi connectivity index (χ0v) is 16.0. The molecule has 0 unspecified atom stereocenters. The summed E-state index contributed by atoms with van der Waals surface area (Å²) in [4.78, 5) is 29.3. The summed E-state index contributed by atoms with van der Waals surface area (Å²) >= 11 is 1.49. The highest BCUT2D eigenvalue weighted by molar-refractivity contribution is 7.13. The van der Waals surface area contributed by atoms with Crippen LogP contribution in [0.15, 0.2) is 46.2 Å². The van der Waals surface area contributed by atoms with Gasteiger partial charge in [-0.05, 0) is 49.6 Å². The van der Waals surface area contributed by atoms with Gasteiger partial charge in [0.2, 0.25) is 11.8 Å². The van der Waals surface area contributed by atoms with E-state index in [1.165, 1.54) is 42.5 Å². The van der Waals surface area contributed by atoms with Gasteiger partial charge in [0.05, 0.1) is 17.0 Å². The van der Waals surface area contributed by atoms with E-state index in [2.05, 4.69) is 15.8 Å². The van der Waals surface area contributed by atoms with Crippen molar-refractivity contribution in [3.05, 3.63) is 59.0 Å². The lowest BCUT2D eigenvalue weighted by Crippen LogP contribution is -2.47. The van der Waals surface area contributed by atoms with E-state index in [9.17, 15) is 14.0 Å². The molecule has 2 amide bonds. The van der Waals surface area contributed by atoms with Crippen LogP contribution in [-0.4, -0.2) is 22.9 Å². The van der Waals surface area contributed by atoms with E-state index in [0.29, 0.717) is 23.1 Å². The fourth-order valence-corrected chi connectivity index (χ4v) is 2.95. The number of aromatic nitrogens is 1. The van der Waals surface area contributed by atoms with Gasteiger partial charge in [0.15, 0.2) is 6.10 Å². The van der Waals surface area contributed by atoms with Crippen LogP contribution in [-0.2, 0) is 16.0 Å². The molecular weight excluding hydrogens is 385 g/mol. The minimum absolute atomic E-state index is 0.0474. The Morgan fingerprint density at radius 2 is 2.00 bits per heavy atom. The van der Waals surface area contributed by atoms with Gasteiger partial charge in [-0.1, -0.05) is 6.07 Å². The quantitative estimate of drug-likeness (QED) is 0.617. The summed E-state index contributed by atoms with van der Waals surface area (Å²) in [5.74, 6) is -0.0550. The van der Waals surface area contributed by atoms with Gasteiger partial charge in [-0.3, -0.25) is 20.4 Å². The molecule has 0 saturated carbocycles. The van der Waals surface area contributed by atoms with Crippen LogP contribution in [0.3, 0.4) is 0 Å². The van der Waals surface area contributed by atoms with Crippen molar-refractivity contribution in [2.24, 2.45) is 0 Å². The molecule has 0 bridgehead atoms. The number of halogens is 1. The van der Waals surface area contributed by atoms with Crippen molar-refractivity contribution in [2.75, 3.05) is 0 Å². The largest absolute Gasteiger partial charge is 0.481 e. The highest BCUT2D eigenvalue weighted by Crippen LogP contribution is 2.26. The smallest absolute Gasteiger partial charge is 0.279 e. The average Bonchev–Trinajstić information content (AvgIpc) is 3.32. The monoisotopic (exact) mass is 403 g/mol. The first kappa shape index (κ1) is 19.6. The van der Waals surface area contributed by atoms with Crippen molar-refractivity contribution in [3.63, 3.8) is 0 Å². The zero-order valence-electron chi connectivity index (χ0n) is 15.2. The highest BCUT2D eigenvalue weighted by atomic mass is 32.1. The van der Waals surface area contributed by atoms with E-state index in [-0.39, 0.29) is 6.42 Å². The maximum atomic E-state index is 12.9. The summed E-state index contributed by atoms with van der Waals surface area (Å²) in [5, 5.41) is 1.91. The Labute approximate surface area is 164 Å². The molecule has 7 nitrogen and oxygen atoms in total. The first-order chi connectivity index (χ1) is 13.4. The standard InChI is InChI=1S/C19H18FN3O4S/c1-11-15(21-19(27-11)16-4-3-9-28-16)10-17(24)22-23-18(25)12(2)26-14-7-5-13(20)6-8-14/h3-9,12H,10H2,1-2H3,(H,22,24)(H,23,25)/t12-/m0/s1. The minimum Gasteiger partial charge on any atom is -0.481 e. The van der Waals surface area contributed by atoms with Crippen LogP contribution in [0.2, 0.25) is 0 Å². The van der Waals surface area contributed by atoms with Crippen LogP contribution in [0.4, 0.5) is 4.39 Å². The summed E-state index contributed by atoms with van der Waals surface area (Å²) in [6, 6.07) is 9.05. The first-order valence-electron chi connectivity index (χ1n) is 8.43. The van der Waals surface area contributed by atoms with Gasteiger partial charge in [-0.15, -0.1) is 11.3 Å². The third kappa shape index (κ3) is 4.95. The third-order valence-electron chi connectivity index (χ3n) is 3.77. The van der Waals surface area contributed by atoms with Gasteiger partial charge in [0, 0.05) is 0 Å². The Balaban J connectivity index is 1.50. The lowest BCUT2D eigenvalue weighted by molar-refractivity contribution is -0.132. The number of benzene rings is 1. The minimum atomic E-state index is -0.884. The molecule has 0 fully saturated rings. The van der Waals surface area contributed by atoms with Gasteiger partial charge in [-0.2, -0.15) is 0 Å². The number of hydrogen-bond acceptors (Lipinski definition) is 6. The van der Waals surface area contributed by atoms with Crippen LogP contribution in [0.1, 0.15) is 18.4 Å². The van der Waals surface area contributed by atoms with E-state index >= 15 is 0 Å². The third-order valence-corrected chi connectivity index (χ3v) is 4.63. The molecule has 28 heavy (non-hydrogen) atoms. The molecule has 0 aliphatic heterocycles. The number of oxazole rings is 1. The van der Waals surface area contributed by atoms with Crippen molar-refractivity contribution < 1.29 is 23.1 Å². The molecule has 3 aromatic rings. The number of thiophene rings is 1. The Hall–Kier alpha value is -3.20. The van der Waals surface area contributed by atoms with Crippen molar-refractivity contribution in [3.8, 4) is 16.5 Å². The number of hydrogen-bond donors (Lipinski definition) is 2. The Bertz CT molecular complexity index is 954. The number of amides is 2. The number of rotatable bonds is 6. The maximum Gasteiger partial charge on any atom is 0.279 e. The summed E-state index contributed by atoms with van der Waals surface area (Å²) in [6.45, 7) is 3.24. The Morgan fingerprint density at radius 3 is 2.68 bits per heavy atom. The molecule has 1 aromatic carbocycles. The lowest BCUT2D eigenvalue weighted by Gasteiger charge is -2.15. The second-order valence-corrected chi connectivity index (χ2v) is 6.88. The number of nitrogens with zero attached hydrogens (tertiary/aromatic N) is 1. The van der Waals surface area contributed by atoms with Crippen LogP contribution >= 0.6 is 11.3 Å². The molecule has 0 aliphatic carbocycles. The van der Waals surface area contributed by atoms with Crippen molar-refractivity contribution >= 4 is 23.2 Å². The van der Waals surface area contributed by atoms with Gasteiger partial charge < -0.3 is 9.15 Å². The molecule has 3 rings (SSSR count). The van der Waals surface area contributed by atoms with Gasteiger partial charge in [-0.25, -0.2) is 9.37 Å². The van der Waals surface area contributed by atoms with Gasteiger partial charge in [0.1, 0.15) is 17.3 Å². The Kier molecular flexibility index (Phi) is 6.05. The first-order valence-corrected chi connectivity index (χ1v) is 9.31. The number of aryl methyl sites for hydroxylation is 1.